The smallest absolute Gasteiger partial charge is 0.295 e. The molecule has 1 aliphatic heterocycles. The van der Waals surface area contributed by atoms with Crippen LogP contribution in [-0.2, 0) is 9.59 Å². The predicted molar refractivity (Wildman–Crippen MR) is 121 cm³/mol. The van der Waals surface area contributed by atoms with Crippen LogP contribution < -0.4 is 0 Å². The quantitative estimate of drug-likeness (QED) is 0.365. The van der Waals surface area contributed by atoms with Crippen LogP contribution in [0.4, 0.5) is 0 Å². The van der Waals surface area contributed by atoms with Crippen molar-refractivity contribution in [1.29, 1.82) is 0 Å². The van der Waals surface area contributed by atoms with Gasteiger partial charge < -0.3 is 14.9 Å². The molecule has 0 bridgehead atoms. The van der Waals surface area contributed by atoms with Crippen molar-refractivity contribution >= 4 is 23.1 Å². The fraction of sp³-hybridized carbons (Fsp3) is 0.333. The van der Waals surface area contributed by atoms with Gasteiger partial charge in [0.05, 0.1) is 17.3 Å². The number of ketones is 1. The number of carbonyl (C=O) groups is 2. The Labute approximate surface area is 186 Å². The van der Waals surface area contributed by atoms with E-state index < -0.39 is 17.7 Å². The van der Waals surface area contributed by atoms with Crippen LogP contribution in [0.25, 0.3) is 11.4 Å². The Morgan fingerprint density at radius 1 is 1.19 bits per heavy atom. The number of hydrogen-bond acceptors (Lipinski definition) is 6. The normalized spacial score (nSPS) is 18.3. The van der Waals surface area contributed by atoms with Crippen LogP contribution in [0.3, 0.4) is 0 Å². The van der Waals surface area contributed by atoms with Crippen LogP contribution in [0, 0.1) is 13.8 Å². The van der Waals surface area contributed by atoms with Gasteiger partial charge in [-0.15, -0.1) is 0 Å². The number of imidazole rings is 1. The van der Waals surface area contributed by atoms with Gasteiger partial charge >= 0.3 is 0 Å². The summed E-state index contributed by atoms with van der Waals surface area (Å²) in [6, 6.07) is 6.67. The van der Waals surface area contributed by atoms with Crippen LogP contribution in [0.1, 0.15) is 35.0 Å². The fourth-order valence-corrected chi connectivity index (χ4v) is 4.28. The number of aromatic nitrogens is 3. The molecule has 3 aromatic heterocycles. The minimum Gasteiger partial charge on any atom is -0.505 e. The van der Waals surface area contributed by atoms with Crippen molar-refractivity contribution in [2.24, 2.45) is 0 Å². The topological polar surface area (TPSA) is 91.0 Å². The highest BCUT2D eigenvalue weighted by atomic mass is 16.3. The molecule has 1 aliphatic rings. The van der Waals surface area contributed by atoms with E-state index in [0.29, 0.717) is 35.6 Å². The number of nitrogens with zero attached hydrogens (tertiary/aromatic N) is 5. The van der Waals surface area contributed by atoms with Crippen LogP contribution in [-0.4, -0.2) is 68.2 Å². The minimum absolute atomic E-state index is 0.0688. The maximum Gasteiger partial charge on any atom is 0.295 e. The molecule has 4 heterocycles. The SMILES string of the molecule is Cc1nc2c(C)cccn2c1C(O)=C1C(=O)C(=O)N(CCCN(C)C)[C@@H]1c1cccnc1. The van der Waals surface area contributed by atoms with Gasteiger partial charge in [0.2, 0.25) is 0 Å². The Balaban J connectivity index is 1.88. The molecule has 0 spiro atoms. The average Bonchev–Trinajstić information content (AvgIpc) is 3.23. The summed E-state index contributed by atoms with van der Waals surface area (Å²) in [7, 11) is 3.92. The van der Waals surface area contributed by atoms with Gasteiger partial charge in [-0.1, -0.05) is 12.1 Å². The number of carbonyl (C=O) groups excluding carboxylic acids is 2. The Morgan fingerprint density at radius 3 is 2.66 bits per heavy atom. The van der Waals surface area contributed by atoms with Crippen molar-refractivity contribution < 1.29 is 14.7 Å². The molecule has 0 saturated carbocycles. The molecule has 1 fully saturated rings. The fourth-order valence-electron chi connectivity index (χ4n) is 4.28. The predicted octanol–water partition coefficient (Wildman–Crippen LogP) is 2.72. The summed E-state index contributed by atoms with van der Waals surface area (Å²) >= 11 is 0. The van der Waals surface area contributed by atoms with Crippen LogP contribution in [0.15, 0.2) is 48.4 Å². The monoisotopic (exact) mass is 433 g/mol. The Bertz CT molecular complexity index is 1210. The van der Waals surface area contributed by atoms with E-state index in [1.165, 1.54) is 4.90 Å². The number of aryl methyl sites for hydroxylation is 2. The zero-order valence-electron chi connectivity index (χ0n) is 18.7. The molecule has 1 atom stereocenters. The summed E-state index contributed by atoms with van der Waals surface area (Å²) in [5, 5.41) is 11.4. The summed E-state index contributed by atoms with van der Waals surface area (Å²) in [6.45, 7) is 4.89. The van der Waals surface area contributed by atoms with Crippen molar-refractivity contribution in [2.75, 3.05) is 27.2 Å². The third-order valence-corrected chi connectivity index (χ3v) is 5.79. The molecule has 8 nitrogen and oxygen atoms in total. The molecular formula is C24H27N5O3. The molecule has 3 aromatic rings. The van der Waals surface area contributed by atoms with Gasteiger partial charge in [-0.05, 0) is 64.2 Å². The second-order valence-electron chi connectivity index (χ2n) is 8.37. The van der Waals surface area contributed by atoms with Crippen molar-refractivity contribution in [3.05, 3.63) is 70.9 Å². The first kappa shape index (κ1) is 21.7. The molecule has 0 radical (unpaired) electrons. The lowest BCUT2D eigenvalue weighted by Crippen LogP contribution is -2.32. The highest BCUT2D eigenvalue weighted by Gasteiger charge is 2.46. The summed E-state index contributed by atoms with van der Waals surface area (Å²) < 4.78 is 1.76. The van der Waals surface area contributed by atoms with Crippen molar-refractivity contribution in [2.45, 2.75) is 26.3 Å². The van der Waals surface area contributed by atoms with E-state index in [-0.39, 0.29) is 11.3 Å². The lowest BCUT2D eigenvalue weighted by atomic mass is 9.97. The summed E-state index contributed by atoms with van der Waals surface area (Å²) in [6.07, 6.45) is 5.77. The molecule has 0 unspecified atom stereocenters. The van der Waals surface area contributed by atoms with E-state index in [0.717, 1.165) is 12.1 Å². The minimum atomic E-state index is -0.708. The van der Waals surface area contributed by atoms with Crippen LogP contribution in [0.5, 0.6) is 0 Å². The number of rotatable bonds is 6. The third kappa shape index (κ3) is 3.67. The van der Waals surface area contributed by atoms with E-state index in [9.17, 15) is 14.7 Å². The molecule has 1 saturated heterocycles. The van der Waals surface area contributed by atoms with Gasteiger partial charge in [0, 0.05) is 25.1 Å². The highest BCUT2D eigenvalue weighted by Crippen LogP contribution is 2.39. The maximum absolute atomic E-state index is 13.2. The van der Waals surface area contributed by atoms with E-state index in [1.807, 2.05) is 44.1 Å². The molecule has 1 N–H and O–H groups in total. The zero-order valence-corrected chi connectivity index (χ0v) is 18.7. The molecule has 1 amide bonds. The number of pyridine rings is 2. The molecule has 32 heavy (non-hydrogen) atoms. The van der Waals surface area contributed by atoms with E-state index in [1.54, 1.807) is 36.0 Å². The maximum atomic E-state index is 13.2. The van der Waals surface area contributed by atoms with Gasteiger partial charge in [0.1, 0.15) is 11.3 Å². The summed E-state index contributed by atoms with van der Waals surface area (Å²) in [4.78, 5) is 38.5. The first-order chi connectivity index (χ1) is 15.3. The molecule has 0 aromatic carbocycles. The third-order valence-electron chi connectivity index (χ3n) is 5.79. The molecule has 166 valence electrons. The van der Waals surface area contributed by atoms with Crippen molar-refractivity contribution in [1.82, 2.24) is 24.2 Å². The summed E-state index contributed by atoms with van der Waals surface area (Å²) in [5.74, 6) is -1.52. The Hall–Kier alpha value is -3.52. The molecule has 8 heteroatoms. The van der Waals surface area contributed by atoms with E-state index in [2.05, 4.69) is 9.97 Å². The van der Waals surface area contributed by atoms with Crippen molar-refractivity contribution in [3.63, 3.8) is 0 Å². The van der Waals surface area contributed by atoms with Gasteiger partial charge in [0.15, 0.2) is 5.76 Å². The van der Waals surface area contributed by atoms with Gasteiger partial charge in [-0.25, -0.2) is 4.98 Å². The Morgan fingerprint density at radius 2 is 1.97 bits per heavy atom. The molecular weight excluding hydrogens is 406 g/mol. The van der Waals surface area contributed by atoms with E-state index in [4.69, 9.17) is 0 Å². The van der Waals surface area contributed by atoms with Crippen LogP contribution in [0.2, 0.25) is 0 Å². The zero-order chi connectivity index (χ0) is 23.0. The second kappa shape index (κ2) is 8.55. The largest absolute Gasteiger partial charge is 0.505 e. The number of aliphatic hydroxyl groups excluding tert-OH is 1. The van der Waals surface area contributed by atoms with Crippen LogP contribution >= 0.6 is 0 Å². The number of aliphatic hydroxyl groups is 1. The van der Waals surface area contributed by atoms with Gasteiger partial charge in [0.25, 0.3) is 11.7 Å². The van der Waals surface area contributed by atoms with E-state index >= 15 is 0 Å². The number of fused-ring (bicyclic) bond motifs is 1. The number of hydrogen-bond donors (Lipinski definition) is 1. The Kier molecular flexibility index (Phi) is 5.80. The molecule has 0 aliphatic carbocycles. The standard InChI is InChI=1S/C24H27N5O3/c1-15-8-6-12-28-19(16(2)26-23(15)28)21(30)18-20(17-9-5-10-25-14-17)29(24(32)22(18)31)13-7-11-27(3)4/h5-6,8-10,12,14,20,30H,7,11,13H2,1-4H3/t20-/m1/s1. The first-order valence-electron chi connectivity index (χ1n) is 10.6. The molecule has 4 rings (SSSR count). The average molecular weight is 434 g/mol. The lowest BCUT2D eigenvalue weighted by Gasteiger charge is -2.25. The number of Topliss-reactive ketones (excluding diaryl/α,β-unsaturated/α-hetero) is 1. The summed E-state index contributed by atoms with van der Waals surface area (Å²) in [5.41, 5.74) is 3.40. The lowest BCUT2D eigenvalue weighted by molar-refractivity contribution is -0.139. The van der Waals surface area contributed by atoms with Gasteiger partial charge in [-0.3, -0.25) is 19.0 Å². The number of amides is 1. The second-order valence-corrected chi connectivity index (χ2v) is 8.37. The number of likely N-dealkylation sites (tertiary alicyclic amines) is 1. The van der Waals surface area contributed by atoms with Crippen molar-refractivity contribution in [3.8, 4) is 0 Å². The highest BCUT2D eigenvalue weighted by molar-refractivity contribution is 6.46. The first-order valence-corrected chi connectivity index (χ1v) is 10.6. The van der Waals surface area contributed by atoms with Gasteiger partial charge in [-0.2, -0.15) is 0 Å².